The summed E-state index contributed by atoms with van der Waals surface area (Å²) in [6.45, 7) is 0. The van der Waals surface area contributed by atoms with Gasteiger partial charge in [0.2, 0.25) is 5.82 Å². The Bertz CT molecular complexity index is 800. The first-order valence-electron chi connectivity index (χ1n) is 5.86. The molecule has 0 saturated heterocycles. The molecule has 9 nitrogen and oxygen atoms in total. The van der Waals surface area contributed by atoms with Crippen molar-refractivity contribution in [2.75, 3.05) is 0 Å². The van der Waals surface area contributed by atoms with E-state index in [0.29, 0.717) is 10.1 Å². The number of aromatic carboxylic acids is 1. The van der Waals surface area contributed by atoms with Gasteiger partial charge in [-0.25, -0.2) is 9.78 Å². The highest BCUT2D eigenvalue weighted by atomic mass is 79.9. The Balaban J connectivity index is 1.95. The maximum Gasteiger partial charge on any atom is 0.356 e. The number of aromatic amines is 1. The normalized spacial score (nSPS) is 12.7. The quantitative estimate of drug-likeness (QED) is 0.626. The van der Waals surface area contributed by atoms with Crippen molar-refractivity contribution in [1.29, 1.82) is 0 Å². The standard InChI is InChI=1S/C11H9BrN6O3/c12-6-2-9-13-7(11(20)21)4-18(9)3-5(6)1-8(19)10-14-16-17-15-10/h2-4,8,19H,1H2,(H,20,21)(H,14,15,16,17). The fraction of sp³-hybridized carbons (Fsp3) is 0.182. The van der Waals surface area contributed by atoms with Gasteiger partial charge in [0, 0.05) is 23.3 Å². The van der Waals surface area contributed by atoms with Gasteiger partial charge in [0.1, 0.15) is 11.8 Å². The Morgan fingerprint density at radius 1 is 1.48 bits per heavy atom. The van der Waals surface area contributed by atoms with Crippen LogP contribution < -0.4 is 0 Å². The molecule has 0 aliphatic heterocycles. The molecule has 3 heterocycles. The summed E-state index contributed by atoms with van der Waals surface area (Å²) in [6, 6.07) is 1.69. The van der Waals surface area contributed by atoms with E-state index in [2.05, 4.69) is 41.5 Å². The molecule has 108 valence electrons. The molecule has 0 saturated carbocycles. The number of rotatable bonds is 4. The number of pyridine rings is 1. The van der Waals surface area contributed by atoms with Crippen LogP contribution in [0.1, 0.15) is 28.0 Å². The van der Waals surface area contributed by atoms with Gasteiger partial charge in [-0.1, -0.05) is 21.1 Å². The number of fused-ring (bicyclic) bond motifs is 1. The van der Waals surface area contributed by atoms with Crippen molar-refractivity contribution < 1.29 is 15.0 Å². The second-order valence-corrected chi connectivity index (χ2v) is 5.19. The summed E-state index contributed by atoms with van der Waals surface area (Å²) < 4.78 is 2.30. The summed E-state index contributed by atoms with van der Waals surface area (Å²) in [7, 11) is 0. The van der Waals surface area contributed by atoms with Crippen LogP contribution in [0.2, 0.25) is 0 Å². The summed E-state index contributed by atoms with van der Waals surface area (Å²) in [5.74, 6) is -0.901. The van der Waals surface area contributed by atoms with Crippen LogP contribution >= 0.6 is 15.9 Å². The molecule has 0 aliphatic rings. The molecule has 10 heteroatoms. The van der Waals surface area contributed by atoms with Gasteiger partial charge in [-0.2, -0.15) is 5.21 Å². The van der Waals surface area contributed by atoms with Gasteiger partial charge in [0.15, 0.2) is 5.69 Å². The van der Waals surface area contributed by atoms with Crippen molar-refractivity contribution >= 4 is 27.5 Å². The molecule has 0 radical (unpaired) electrons. The number of hydrogen-bond donors (Lipinski definition) is 3. The monoisotopic (exact) mass is 352 g/mol. The maximum atomic E-state index is 10.9. The third-order valence-electron chi connectivity index (χ3n) is 2.91. The van der Waals surface area contributed by atoms with E-state index in [1.807, 2.05) is 0 Å². The fourth-order valence-corrected chi connectivity index (χ4v) is 2.39. The minimum atomic E-state index is -1.09. The molecule has 0 aromatic carbocycles. The van der Waals surface area contributed by atoms with Crippen molar-refractivity contribution in [3.63, 3.8) is 0 Å². The minimum Gasteiger partial charge on any atom is -0.476 e. The minimum absolute atomic E-state index is 0.0437. The van der Waals surface area contributed by atoms with Crippen LogP contribution in [-0.4, -0.2) is 46.2 Å². The number of aliphatic hydroxyl groups excluding tert-OH is 1. The molecular weight excluding hydrogens is 344 g/mol. The van der Waals surface area contributed by atoms with E-state index in [0.717, 1.165) is 5.56 Å². The average molecular weight is 353 g/mol. The van der Waals surface area contributed by atoms with Crippen molar-refractivity contribution in [2.45, 2.75) is 12.5 Å². The molecule has 21 heavy (non-hydrogen) atoms. The van der Waals surface area contributed by atoms with Crippen molar-refractivity contribution in [2.24, 2.45) is 0 Å². The Morgan fingerprint density at radius 2 is 2.29 bits per heavy atom. The topological polar surface area (TPSA) is 129 Å². The summed E-state index contributed by atoms with van der Waals surface area (Å²) in [5.41, 5.74) is 1.21. The highest BCUT2D eigenvalue weighted by Gasteiger charge is 2.17. The largest absolute Gasteiger partial charge is 0.476 e. The second-order valence-electron chi connectivity index (χ2n) is 4.33. The number of nitrogens with zero attached hydrogens (tertiary/aromatic N) is 5. The first kappa shape index (κ1) is 13.6. The van der Waals surface area contributed by atoms with E-state index in [1.54, 1.807) is 16.7 Å². The van der Waals surface area contributed by atoms with E-state index >= 15 is 0 Å². The van der Waals surface area contributed by atoms with E-state index < -0.39 is 12.1 Å². The number of carboxylic acids is 1. The fourth-order valence-electron chi connectivity index (χ4n) is 1.92. The van der Waals surface area contributed by atoms with Crippen molar-refractivity contribution in [3.8, 4) is 0 Å². The molecule has 1 unspecified atom stereocenters. The lowest BCUT2D eigenvalue weighted by atomic mass is 10.1. The number of aliphatic hydroxyl groups is 1. The molecule has 3 aromatic heterocycles. The van der Waals surface area contributed by atoms with E-state index in [-0.39, 0.29) is 17.9 Å². The van der Waals surface area contributed by atoms with Crippen LogP contribution in [0.4, 0.5) is 0 Å². The van der Waals surface area contributed by atoms with Crippen LogP contribution in [0.5, 0.6) is 0 Å². The number of carbonyl (C=O) groups is 1. The summed E-state index contributed by atoms with van der Waals surface area (Å²) >= 11 is 3.38. The third kappa shape index (κ3) is 2.62. The lowest BCUT2D eigenvalue weighted by Crippen LogP contribution is -2.05. The SMILES string of the molecule is O=C(O)c1cn2cc(CC(O)c3nn[nH]n3)c(Br)cc2n1. The average Bonchev–Trinajstić information content (AvgIpc) is 3.07. The number of carboxylic acid groups (broad SMARTS) is 1. The van der Waals surface area contributed by atoms with Gasteiger partial charge < -0.3 is 14.6 Å². The number of imidazole rings is 1. The van der Waals surface area contributed by atoms with E-state index in [9.17, 15) is 9.90 Å². The summed E-state index contributed by atoms with van der Waals surface area (Å²) in [6.07, 6.45) is 2.44. The molecule has 0 aliphatic carbocycles. The van der Waals surface area contributed by atoms with Gasteiger partial charge in [-0.3, -0.25) is 0 Å². The summed E-state index contributed by atoms with van der Waals surface area (Å²) in [4.78, 5) is 14.9. The molecular formula is C11H9BrN6O3. The summed E-state index contributed by atoms with van der Waals surface area (Å²) in [5, 5.41) is 32.1. The highest BCUT2D eigenvalue weighted by Crippen LogP contribution is 2.24. The zero-order valence-corrected chi connectivity index (χ0v) is 12.0. The molecule has 0 bridgehead atoms. The molecule has 3 aromatic rings. The Hall–Kier alpha value is -2.33. The maximum absolute atomic E-state index is 10.9. The predicted molar refractivity (Wildman–Crippen MR) is 72.7 cm³/mol. The van der Waals surface area contributed by atoms with Crippen molar-refractivity contribution in [1.82, 2.24) is 30.0 Å². The van der Waals surface area contributed by atoms with Gasteiger partial charge in [-0.15, -0.1) is 10.2 Å². The van der Waals surface area contributed by atoms with Crippen LogP contribution in [0.25, 0.3) is 5.65 Å². The Labute approximate surface area is 125 Å². The molecule has 1 atom stereocenters. The molecule has 0 fully saturated rings. The number of halogens is 1. The van der Waals surface area contributed by atoms with Gasteiger partial charge in [0.25, 0.3) is 0 Å². The van der Waals surface area contributed by atoms with Gasteiger partial charge >= 0.3 is 5.97 Å². The Morgan fingerprint density at radius 3 is 2.95 bits per heavy atom. The van der Waals surface area contributed by atoms with Crippen molar-refractivity contribution in [3.05, 3.63) is 40.0 Å². The first-order chi connectivity index (χ1) is 10.0. The Kier molecular flexibility index (Phi) is 3.39. The highest BCUT2D eigenvalue weighted by molar-refractivity contribution is 9.10. The molecule has 0 spiro atoms. The van der Waals surface area contributed by atoms with Gasteiger partial charge in [-0.05, 0) is 11.6 Å². The number of tetrazole rings is 1. The predicted octanol–water partition coefficient (Wildman–Crippen LogP) is 0.584. The number of hydrogen-bond acceptors (Lipinski definition) is 6. The zero-order valence-electron chi connectivity index (χ0n) is 10.4. The second kappa shape index (κ2) is 5.22. The number of H-pyrrole nitrogens is 1. The number of aromatic nitrogens is 6. The first-order valence-corrected chi connectivity index (χ1v) is 6.65. The van der Waals surface area contributed by atoms with Gasteiger partial charge in [0.05, 0.1) is 0 Å². The molecule has 3 rings (SSSR count). The van der Waals surface area contributed by atoms with Crippen LogP contribution in [0, 0.1) is 0 Å². The number of nitrogens with one attached hydrogen (secondary N) is 1. The van der Waals surface area contributed by atoms with Crippen LogP contribution in [0.3, 0.4) is 0 Å². The van der Waals surface area contributed by atoms with E-state index in [4.69, 9.17) is 5.11 Å². The lowest BCUT2D eigenvalue weighted by Gasteiger charge is -2.08. The third-order valence-corrected chi connectivity index (χ3v) is 3.65. The van der Waals surface area contributed by atoms with Crippen LogP contribution in [-0.2, 0) is 6.42 Å². The molecule has 0 amide bonds. The van der Waals surface area contributed by atoms with E-state index in [1.165, 1.54) is 6.20 Å². The zero-order chi connectivity index (χ0) is 15.0. The molecule has 3 N–H and O–H groups in total. The van der Waals surface area contributed by atoms with Crippen LogP contribution in [0.15, 0.2) is 22.9 Å². The smallest absolute Gasteiger partial charge is 0.356 e. The lowest BCUT2D eigenvalue weighted by molar-refractivity contribution is 0.0691.